The van der Waals surface area contributed by atoms with Crippen LogP contribution < -0.4 is 16.4 Å². The van der Waals surface area contributed by atoms with E-state index in [9.17, 15) is 14.4 Å². The lowest BCUT2D eigenvalue weighted by molar-refractivity contribution is -0.129. The van der Waals surface area contributed by atoms with Crippen molar-refractivity contribution >= 4 is 23.3 Å². The molecule has 54 heavy (non-hydrogen) atoms. The first-order chi connectivity index (χ1) is 25.9. The number of benzene rings is 3. The molecule has 5 N–H and O–H groups in total. The number of tetrazole rings is 1. The monoisotopic (exact) mass is 732 g/mol. The number of carbonyl (C=O) groups is 3. The standard InChI is InChI=1S/C43H56N8O3/c1-27-22-33(41(53)46-39-21-19-36(51(4)5)25-43(39,2)3)16-20-37(27)30-10-6-28(7-11-30)23-34(24-38(52)31-12-8-29(26-44)9-13-31)42(54)45-35-17-14-32(15-18-35)40-47-49-50-48-40/h6-7,10-11,14-18,20,22,29,31,34,36,39H,8-9,12-13,19,21,23-26,44H2,1-5H3,(H,45,54)(H,46,53)(H,47,48,49,50)/t29?,31?,34-,36?,39?/m1/s1. The van der Waals surface area contributed by atoms with E-state index in [0.29, 0.717) is 42.0 Å². The molecular formula is C43H56N8O3. The number of rotatable bonds is 13. The van der Waals surface area contributed by atoms with Gasteiger partial charge in [-0.15, -0.1) is 10.2 Å². The third-order valence-corrected chi connectivity index (χ3v) is 12.0. The summed E-state index contributed by atoms with van der Waals surface area (Å²) in [5, 5.41) is 20.5. The zero-order valence-electron chi connectivity index (χ0n) is 32.4. The van der Waals surface area contributed by atoms with E-state index in [4.69, 9.17) is 5.73 Å². The van der Waals surface area contributed by atoms with Crippen LogP contribution in [0.1, 0.15) is 86.7 Å². The van der Waals surface area contributed by atoms with E-state index in [1.807, 2.05) is 49.4 Å². The summed E-state index contributed by atoms with van der Waals surface area (Å²) in [6.45, 7) is 7.20. The number of Topliss-reactive ketones (excluding diaryl/α,β-unsaturated/α-hetero) is 1. The van der Waals surface area contributed by atoms with E-state index in [1.165, 1.54) is 0 Å². The van der Waals surface area contributed by atoms with Crippen LogP contribution in [0.5, 0.6) is 0 Å². The molecule has 2 unspecified atom stereocenters. The maximum atomic E-state index is 13.8. The molecule has 1 heterocycles. The van der Waals surface area contributed by atoms with Gasteiger partial charge in [0, 0.05) is 47.2 Å². The number of amides is 2. The Hall–Kier alpha value is -4.74. The fourth-order valence-electron chi connectivity index (χ4n) is 8.40. The summed E-state index contributed by atoms with van der Waals surface area (Å²) in [7, 11) is 4.27. The number of ketones is 1. The van der Waals surface area contributed by atoms with Crippen LogP contribution in [0.25, 0.3) is 22.5 Å². The van der Waals surface area contributed by atoms with Crippen molar-refractivity contribution in [3.8, 4) is 22.5 Å². The van der Waals surface area contributed by atoms with Crippen molar-refractivity contribution in [2.75, 3.05) is 26.0 Å². The maximum Gasteiger partial charge on any atom is 0.251 e. The van der Waals surface area contributed by atoms with Crippen LogP contribution in [0.2, 0.25) is 0 Å². The molecule has 3 atom stereocenters. The molecule has 2 aliphatic carbocycles. The molecule has 0 aliphatic heterocycles. The fourth-order valence-corrected chi connectivity index (χ4v) is 8.40. The van der Waals surface area contributed by atoms with Crippen molar-refractivity contribution in [2.45, 2.75) is 90.6 Å². The van der Waals surface area contributed by atoms with E-state index in [0.717, 1.165) is 72.8 Å². The Kier molecular flexibility index (Phi) is 12.4. The van der Waals surface area contributed by atoms with Gasteiger partial charge in [0.25, 0.3) is 5.91 Å². The van der Waals surface area contributed by atoms with Crippen LogP contribution in [-0.4, -0.2) is 75.8 Å². The number of aromatic amines is 1. The minimum Gasteiger partial charge on any atom is -0.349 e. The summed E-state index contributed by atoms with van der Waals surface area (Å²) < 4.78 is 0. The van der Waals surface area contributed by atoms with E-state index >= 15 is 0 Å². The van der Waals surface area contributed by atoms with Gasteiger partial charge in [-0.3, -0.25) is 14.4 Å². The molecule has 11 nitrogen and oxygen atoms in total. The smallest absolute Gasteiger partial charge is 0.251 e. The Bertz CT molecular complexity index is 1880. The van der Waals surface area contributed by atoms with Gasteiger partial charge < -0.3 is 21.3 Å². The molecule has 0 bridgehead atoms. The molecule has 2 amide bonds. The van der Waals surface area contributed by atoms with Crippen molar-refractivity contribution < 1.29 is 14.4 Å². The second-order valence-corrected chi connectivity index (χ2v) is 16.5. The van der Waals surface area contributed by atoms with Crippen molar-refractivity contribution in [1.82, 2.24) is 30.8 Å². The van der Waals surface area contributed by atoms with Gasteiger partial charge in [0.2, 0.25) is 11.7 Å². The predicted molar refractivity (Wildman–Crippen MR) is 213 cm³/mol. The zero-order valence-corrected chi connectivity index (χ0v) is 32.4. The van der Waals surface area contributed by atoms with Crippen molar-refractivity contribution in [3.05, 3.63) is 83.4 Å². The lowest BCUT2D eigenvalue weighted by atomic mass is 9.71. The van der Waals surface area contributed by atoms with Gasteiger partial charge in [-0.1, -0.05) is 44.2 Å². The topological polar surface area (TPSA) is 159 Å². The quantitative estimate of drug-likeness (QED) is 0.120. The minimum absolute atomic E-state index is 0.0129. The van der Waals surface area contributed by atoms with E-state index in [2.05, 4.69) is 76.2 Å². The molecule has 2 fully saturated rings. The molecule has 6 rings (SSSR count). The normalized spacial score (nSPS) is 21.7. The van der Waals surface area contributed by atoms with Crippen LogP contribution in [0, 0.1) is 30.1 Å². The second-order valence-electron chi connectivity index (χ2n) is 16.5. The van der Waals surface area contributed by atoms with Gasteiger partial charge in [-0.05, 0) is 154 Å². The van der Waals surface area contributed by atoms with Crippen molar-refractivity contribution in [2.24, 2.45) is 28.9 Å². The molecule has 4 aromatic rings. The minimum atomic E-state index is -0.532. The molecular weight excluding hydrogens is 677 g/mol. The van der Waals surface area contributed by atoms with Crippen molar-refractivity contribution in [1.29, 1.82) is 0 Å². The largest absolute Gasteiger partial charge is 0.349 e. The van der Waals surface area contributed by atoms with Gasteiger partial charge in [0.1, 0.15) is 5.78 Å². The van der Waals surface area contributed by atoms with Gasteiger partial charge >= 0.3 is 0 Å². The Morgan fingerprint density at radius 2 is 1.63 bits per heavy atom. The van der Waals surface area contributed by atoms with Gasteiger partial charge in [-0.25, -0.2) is 0 Å². The Morgan fingerprint density at radius 3 is 2.24 bits per heavy atom. The van der Waals surface area contributed by atoms with Crippen LogP contribution in [0.15, 0.2) is 66.7 Å². The molecule has 3 aromatic carbocycles. The molecule has 0 spiro atoms. The van der Waals surface area contributed by atoms with E-state index < -0.39 is 5.92 Å². The van der Waals surface area contributed by atoms with Gasteiger partial charge in [0.15, 0.2) is 0 Å². The number of H-pyrrole nitrogens is 1. The first-order valence-electron chi connectivity index (χ1n) is 19.4. The third kappa shape index (κ3) is 9.49. The second kappa shape index (κ2) is 17.2. The summed E-state index contributed by atoms with van der Waals surface area (Å²) in [6, 6.07) is 22.0. The fraction of sp³-hybridized carbons (Fsp3) is 0.488. The summed E-state index contributed by atoms with van der Waals surface area (Å²) in [5.74, 6) is 0.319. The first-order valence-corrected chi connectivity index (χ1v) is 19.4. The zero-order chi connectivity index (χ0) is 38.4. The SMILES string of the molecule is Cc1cc(C(=O)NC2CCC(N(C)C)CC2(C)C)ccc1-c1ccc(C[C@H](CC(=O)C2CCC(CN)CC2)C(=O)Nc2ccc(-c3nn[nH]n3)cc2)cc1. The molecule has 0 radical (unpaired) electrons. The number of carbonyl (C=O) groups excluding carboxylic acids is 3. The number of aromatic nitrogens is 4. The number of anilines is 1. The number of nitrogens with one attached hydrogen (secondary N) is 3. The van der Waals surface area contributed by atoms with Gasteiger partial charge in [0.05, 0.1) is 0 Å². The number of hydrogen-bond donors (Lipinski definition) is 4. The number of hydrogen-bond acceptors (Lipinski definition) is 8. The van der Waals surface area contributed by atoms with Gasteiger partial charge in [-0.2, -0.15) is 5.21 Å². The maximum absolute atomic E-state index is 13.8. The summed E-state index contributed by atoms with van der Waals surface area (Å²) in [6.07, 6.45) is 7.28. The highest BCUT2D eigenvalue weighted by atomic mass is 16.2. The molecule has 1 aromatic heterocycles. The average Bonchev–Trinajstić information content (AvgIpc) is 3.71. The lowest BCUT2D eigenvalue weighted by Crippen LogP contribution is -2.51. The van der Waals surface area contributed by atoms with Crippen molar-refractivity contribution in [3.63, 3.8) is 0 Å². The first kappa shape index (κ1) is 39.0. The van der Waals surface area contributed by atoms with E-state index in [1.54, 1.807) is 12.1 Å². The molecule has 2 saturated carbocycles. The molecule has 0 saturated heterocycles. The van der Waals surface area contributed by atoms with Crippen LogP contribution in [0.3, 0.4) is 0 Å². The number of nitrogens with two attached hydrogens (primary N) is 1. The number of nitrogens with zero attached hydrogens (tertiary/aromatic N) is 4. The predicted octanol–water partition coefficient (Wildman–Crippen LogP) is 6.60. The Labute approximate surface area is 319 Å². The highest BCUT2D eigenvalue weighted by Gasteiger charge is 2.38. The lowest BCUT2D eigenvalue weighted by Gasteiger charge is -2.44. The average molecular weight is 733 g/mol. The molecule has 11 heteroatoms. The summed E-state index contributed by atoms with van der Waals surface area (Å²) in [5.41, 5.74) is 12.1. The number of aryl methyl sites for hydroxylation is 1. The highest BCUT2D eigenvalue weighted by molar-refractivity contribution is 5.96. The Morgan fingerprint density at radius 1 is 0.926 bits per heavy atom. The van der Waals surface area contributed by atoms with Crippen LogP contribution in [-0.2, 0) is 16.0 Å². The molecule has 286 valence electrons. The summed E-state index contributed by atoms with van der Waals surface area (Å²) >= 11 is 0. The molecule has 2 aliphatic rings. The Balaban J connectivity index is 1.12. The summed E-state index contributed by atoms with van der Waals surface area (Å²) in [4.78, 5) is 43.1. The third-order valence-electron chi connectivity index (χ3n) is 12.0. The van der Waals surface area contributed by atoms with Crippen LogP contribution >= 0.6 is 0 Å². The van der Waals surface area contributed by atoms with E-state index in [-0.39, 0.29) is 41.4 Å². The highest BCUT2D eigenvalue weighted by Crippen LogP contribution is 2.38. The van der Waals surface area contributed by atoms with Crippen LogP contribution in [0.4, 0.5) is 5.69 Å².